The zero-order chi connectivity index (χ0) is 14.5. The number of furan rings is 1. The molecule has 0 saturated carbocycles. The van der Waals surface area contributed by atoms with Crippen LogP contribution in [0, 0.1) is 12.8 Å². The van der Waals surface area contributed by atoms with Crippen LogP contribution in [-0.2, 0) is 11.3 Å². The van der Waals surface area contributed by atoms with E-state index < -0.39 is 0 Å². The van der Waals surface area contributed by atoms with E-state index in [9.17, 15) is 4.79 Å². The lowest BCUT2D eigenvalue weighted by Crippen LogP contribution is -2.44. The van der Waals surface area contributed by atoms with E-state index in [0.717, 1.165) is 57.1 Å². The Morgan fingerprint density at radius 2 is 2.15 bits per heavy atom. The molecule has 2 heterocycles. The van der Waals surface area contributed by atoms with Crippen molar-refractivity contribution in [2.24, 2.45) is 5.92 Å². The molecule has 0 aromatic carbocycles. The summed E-state index contributed by atoms with van der Waals surface area (Å²) in [5.74, 6) is 2.42. The van der Waals surface area contributed by atoms with Crippen molar-refractivity contribution in [3.63, 3.8) is 0 Å². The Balaban J connectivity index is 1.92. The van der Waals surface area contributed by atoms with Crippen LogP contribution in [0.25, 0.3) is 0 Å². The second kappa shape index (κ2) is 6.93. The Bertz CT molecular complexity index is 437. The lowest BCUT2D eigenvalue weighted by molar-refractivity contribution is -0.137. The van der Waals surface area contributed by atoms with E-state index >= 15 is 0 Å². The van der Waals surface area contributed by atoms with Crippen molar-refractivity contribution in [3.05, 3.63) is 23.7 Å². The zero-order valence-electron chi connectivity index (χ0n) is 12.9. The van der Waals surface area contributed by atoms with Gasteiger partial charge in [0, 0.05) is 19.6 Å². The smallest absolute Gasteiger partial charge is 0.226 e. The summed E-state index contributed by atoms with van der Waals surface area (Å²) in [6.07, 6.45) is 2.11. The minimum absolute atomic E-state index is 0.153. The summed E-state index contributed by atoms with van der Waals surface area (Å²) in [6.45, 7) is 10.4. The van der Waals surface area contributed by atoms with Crippen LogP contribution in [0.15, 0.2) is 16.5 Å². The molecule has 0 radical (unpaired) electrons. The van der Waals surface area contributed by atoms with Crippen molar-refractivity contribution >= 4 is 5.91 Å². The summed E-state index contributed by atoms with van der Waals surface area (Å²) in [4.78, 5) is 16.7. The number of aryl methyl sites for hydroxylation is 1. The first kappa shape index (κ1) is 15.1. The highest BCUT2D eigenvalue weighted by Crippen LogP contribution is 2.21. The summed E-state index contributed by atoms with van der Waals surface area (Å²) in [6, 6.07) is 4.03. The minimum atomic E-state index is 0.153. The molecule has 0 N–H and O–H groups in total. The van der Waals surface area contributed by atoms with Gasteiger partial charge in [0.1, 0.15) is 11.5 Å². The predicted molar refractivity (Wildman–Crippen MR) is 79.4 cm³/mol. The Morgan fingerprint density at radius 1 is 1.40 bits per heavy atom. The fraction of sp³-hybridized carbons (Fsp3) is 0.688. The van der Waals surface area contributed by atoms with E-state index in [1.165, 1.54) is 0 Å². The van der Waals surface area contributed by atoms with Gasteiger partial charge in [0.25, 0.3) is 0 Å². The number of amides is 1. The van der Waals surface area contributed by atoms with Gasteiger partial charge in [-0.05, 0) is 52.3 Å². The molecule has 20 heavy (non-hydrogen) atoms. The van der Waals surface area contributed by atoms with Gasteiger partial charge in [-0.2, -0.15) is 0 Å². The van der Waals surface area contributed by atoms with E-state index in [0.29, 0.717) is 5.91 Å². The molecule has 2 rings (SSSR count). The number of likely N-dealkylation sites (tertiary alicyclic amines) is 1. The molecule has 1 atom stereocenters. The maximum Gasteiger partial charge on any atom is 0.226 e. The van der Waals surface area contributed by atoms with Crippen molar-refractivity contribution in [3.8, 4) is 0 Å². The molecule has 1 aliphatic rings. The summed E-state index contributed by atoms with van der Waals surface area (Å²) in [7, 11) is 0. The van der Waals surface area contributed by atoms with Gasteiger partial charge in [-0.1, -0.05) is 0 Å². The van der Waals surface area contributed by atoms with Crippen LogP contribution >= 0.6 is 0 Å². The average Bonchev–Trinajstić information content (AvgIpc) is 2.85. The number of piperidine rings is 1. The highest BCUT2D eigenvalue weighted by atomic mass is 16.3. The molecule has 112 valence electrons. The molecule has 1 amide bonds. The second-order valence-electron chi connectivity index (χ2n) is 5.60. The number of hydrogen-bond donors (Lipinski definition) is 0. The number of rotatable bonds is 5. The van der Waals surface area contributed by atoms with Gasteiger partial charge in [-0.3, -0.25) is 9.69 Å². The van der Waals surface area contributed by atoms with Crippen molar-refractivity contribution < 1.29 is 9.21 Å². The maximum atomic E-state index is 12.4. The highest BCUT2D eigenvalue weighted by molar-refractivity contribution is 5.79. The first-order valence-electron chi connectivity index (χ1n) is 7.70. The molecule has 1 fully saturated rings. The first-order chi connectivity index (χ1) is 9.63. The van der Waals surface area contributed by atoms with Gasteiger partial charge in [0.2, 0.25) is 5.91 Å². The molecule has 4 heteroatoms. The molecule has 1 saturated heterocycles. The zero-order valence-corrected chi connectivity index (χ0v) is 12.9. The topological polar surface area (TPSA) is 36.7 Å². The molecule has 0 spiro atoms. The van der Waals surface area contributed by atoms with Crippen LogP contribution in [-0.4, -0.2) is 41.9 Å². The monoisotopic (exact) mass is 278 g/mol. The minimum Gasteiger partial charge on any atom is -0.465 e. The molecule has 0 aliphatic carbocycles. The molecule has 0 bridgehead atoms. The summed E-state index contributed by atoms with van der Waals surface area (Å²) in [5.41, 5.74) is 0. The fourth-order valence-electron chi connectivity index (χ4n) is 2.98. The lowest BCUT2D eigenvalue weighted by Gasteiger charge is -2.34. The van der Waals surface area contributed by atoms with Crippen molar-refractivity contribution in [2.45, 2.75) is 40.2 Å². The van der Waals surface area contributed by atoms with Crippen molar-refractivity contribution in [2.75, 3.05) is 26.2 Å². The number of hydrogen-bond acceptors (Lipinski definition) is 3. The van der Waals surface area contributed by atoms with Crippen LogP contribution in [0.4, 0.5) is 0 Å². The average molecular weight is 278 g/mol. The third kappa shape index (κ3) is 3.63. The van der Waals surface area contributed by atoms with E-state index in [4.69, 9.17) is 4.42 Å². The van der Waals surface area contributed by atoms with Gasteiger partial charge in [-0.25, -0.2) is 0 Å². The van der Waals surface area contributed by atoms with Gasteiger partial charge >= 0.3 is 0 Å². The van der Waals surface area contributed by atoms with Crippen LogP contribution < -0.4 is 0 Å². The molecule has 1 aromatic heterocycles. The normalized spacial score (nSPS) is 20.1. The Morgan fingerprint density at radius 3 is 2.75 bits per heavy atom. The van der Waals surface area contributed by atoms with Crippen LogP contribution in [0.5, 0.6) is 0 Å². The van der Waals surface area contributed by atoms with Crippen molar-refractivity contribution in [1.29, 1.82) is 0 Å². The third-order valence-electron chi connectivity index (χ3n) is 4.11. The number of carbonyl (C=O) groups is 1. The molecule has 4 nitrogen and oxygen atoms in total. The number of nitrogens with zero attached hydrogens (tertiary/aromatic N) is 2. The SMILES string of the molecule is CCN(CC)C(=O)[C@@H]1CCCN(Cc2ccc(C)o2)C1. The Kier molecular flexibility index (Phi) is 5.24. The third-order valence-corrected chi connectivity index (χ3v) is 4.11. The Labute approximate surface area is 121 Å². The molecular weight excluding hydrogens is 252 g/mol. The lowest BCUT2D eigenvalue weighted by atomic mass is 9.96. The van der Waals surface area contributed by atoms with Gasteiger partial charge in [0.05, 0.1) is 12.5 Å². The quantitative estimate of drug-likeness (QED) is 0.831. The van der Waals surface area contributed by atoms with E-state index in [-0.39, 0.29) is 5.92 Å². The van der Waals surface area contributed by atoms with Gasteiger partial charge < -0.3 is 9.32 Å². The standard InChI is InChI=1S/C16H26N2O2/c1-4-18(5-2)16(19)14-7-6-10-17(11-14)12-15-9-8-13(3)20-15/h8-9,14H,4-7,10-12H2,1-3H3/t14-/m1/s1. The summed E-state index contributed by atoms with van der Waals surface area (Å²) in [5, 5.41) is 0. The van der Waals surface area contributed by atoms with E-state index in [1.54, 1.807) is 0 Å². The fourth-order valence-corrected chi connectivity index (χ4v) is 2.98. The number of carbonyl (C=O) groups excluding carboxylic acids is 1. The molecule has 1 aromatic rings. The van der Waals surface area contributed by atoms with Gasteiger partial charge in [0.15, 0.2) is 0 Å². The second-order valence-corrected chi connectivity index (χ2v) is 5.60. The Hall–Kier alpha value is -1.29. The molecule has 0 unspecified atom stereocenters. The van der Waals surface area contributed by atoms with E-state index in [2.05, 4.69) is 4.90 Å². The predicted octanol–water partition coefficient (Wildman–Crippen LogP) is 2.67. The largest absolute Gasteiger partial charge is 0.465 e. The summed E-state index contributed by atoms with van der Waals surface area (Å²) >= 11 is 0. The van der Waals surface area contributed by atoms with Crippen LogP contribution in [0.2, 0.25) is 0 Å². The maximum absolute atomic E-state index is 12.4. The van der Waals surface area contributed by atoms with E-state index in [1.807, 2.05) is 37.8 Å². The van der Waals surface area contributed by atoms with Crippen LogP contribution in [0.1, 0.15) is 38.2 Å². The van der Waals surface area contributed by atoms with Crippen molar-refractivity contribution in [1.82, 2.24) is 9.80 Å². The molecular formula is C16H26N2O2. The highest BCUT2D eigenvalue weighted by Gasteiger charge is 2.28. The first-order valence-corrected chi connectivity index (χ1v) is 7.70. The molecule has 1 aliphatic heterocycles. The summed E-state index contributed by atoms with van der Waals surface area (Å²) < 4.78 is 5.63. The van der Waals surface area contributed by atoms with Gasteiger partial charge in [-0.15, -0.1) is 0 Å². The van der Waals surface area contributed by atoms with Crippen LogP contribution in [0.3, 0.4) is 0 Å².